The molecular formula is C21H21NOS. The zero-order valence-electron chi connectivity index (χ0n) is 14.0. The van der Waals surface area contributed by atoms with Gasteiger partial charge in [-0.2, -0.15) is 0 Å². The Morgan fingerprint density at radius 1 is 1.04 bits per heavy atom. The summed E-state index contributed by atoms with van der Waals surface area (Å²) >= 11 is 1.79. The predicted octanol–water partition coefficient (Wildman–Crippen LogP) is 5.51. The number of aryl methyl sites for hydroxylation is 1. The Balaban J connectivity index is 1.87. The lowest BCUT2D eigenvalue weighted by molar-refractivity contribution is -0.116. The molecule has 2 aromatic rings. The molecule has 1 heterocycles. The summed E-state index contributed by atoms with van der Waals surface area (Å²) < 4.78 is 0. The molecule has 0 spiro atoms. The van der Waals surface area contributed by atoms with Gasteiger partial charge in [0, 0.05) is 22.6 Å². The lowest BCUT2D eigenvalue weighted by Crippen LogP contribution is -2.23. The van der Waals surface area contributed by atoms with E-state index >= 15 is 0 Å². The number of para-hydroxylation sites is 1. The molecule has 2 atom stereocenters. The smallest absolute Gasteiger partial charge is 0.162 e. The van der Waals surface area contributed by atoms with E-state index in [4.69, 9.17) is 0 Å². The van der Waals surface area contributed by atoms with Crippen LogP contribution in [0.15, 0.2) is 64.7 Å². The van der Waals surface area contributed by atoms with Crippen LogP contribution in [0.5, 0.6) is 0 Å². The second-order valence-corrected chi connectivity index (χ2v) is 8.01. The Hall–Kier alpha value is -2.00. The SMILES string of the molecule is Cc1ccc([C@@H]2Sc3ccccc3NC3=C2C(=O)C[C@H](C)C3)cc1. The monoisotopic (exact) mass is 335 g/mol. The number of thioether (sulfide) groups is 1. The molecule has 4 rings (SSSR count). The number of rotatable bonds is 1. The number of allylic oxidation sites excluding steroid dienone is 1. The first kappa shape index (κ1) is 15.5. The first-order valence-corrected chi connectivity index (χ1v) is 9.35. The summed E-state index contributed by atoms with van der Waals surface area (Å²) in [4.78, 5) is 14.1. The van der Waals surface area contributed by atoms with Crippen molar-refractivity contribution in [3.8, 4) is 0 Å². The summed E-state index contributed by atoms with van der Waals surface area (Å²) in [6.45, 7) is 4.26. The van der Waals surface area contributed by atoms with Gasteiger partial charge in [-0.05, 0) is 37.0 Å². The number of anilines is 1. The van der Waals surface area contributed by atoms with E-state index in [2.05, 4.69) is 61.6 Å². The fourth-order valence-electron chi connectivity index (χ4n) is 3.55. The molecule has 2 nitrogen and oxygen atoms in total. The van der Waals surface area contributed by atoms with Gasteiger partial charge in [0.25, 0.3) is 0 Å². The summed E-state index contributed by atoms with van der Waals surface area (Å²) in [5.41, 5.74) is 5.65. The molecule has 2 aromatic carbocycles. The second-order valence-electron chi connectivity index (χ2n) is 6.86. The van der Waals surface area contributed by atoms with Gasteiger partial charge in [0.1, 0.15) is 0 Å². The molecule has 0 amide bonds. The van der Waals surface area contributed by atoms with Crippen LogP contribution in [0.25, 0.3) is 0 Å². The number of carbonyl (C=O) groups is 1. The summed E-state index contributed by atoms with van der Waals surface area (Å²) in [6.07, 6.45) is 1.60. The van der Waals surface area contributed by atoms with Crippen molar-refractivity contribution >= 4 is 23.2 Å². The average Bonchev–Trinajstić information content (AvgIpc) is 2.72. The lowest BCUT2D eigenvalue weighted by atomic mass is 9.84. The lowest BCUT2D eigenvalue weighted by Gasteiger charge is -2.27. The molecule has 0 fully saturated rings. The van der Waals surface area contributed by atoms with Gasteiger partial charge < -0.3 is 5.32 Å². The minimum atomic E-state index is 0.0664. The zero-order valence-corrected chi connectivity index (χ0v) is 14.8. The molecule has 3 heteroatoms. The topological polar surface area (TPSA) is 29.1 Å². The van der Waals surface area contributed by atoms with Gasteiger partial charge in [0.2, 0.25) is 0 Å². The first-order valence-electron chi connectivity index (χ1n) is 8.47. The van der Waals surface area contributed by atoms with E-state index < -0.39 is 0 Å². The Kier molecular flexibility index (Phi) is 3.97. The fourth-order valence-corrected chi connectivity index (χ4v) is 4.89. The third-order valence-electron chi connectivity index (χ3n) is 4.77. The maximum Gasteiger partial charge on any atom is 0.162 e. The van der Waals surface area contributed by atoms with Crippen molar-refractivity contribution in [1.82, 2.24) is 0 Å². The average molecular weight is 335 g/mol. The molecule has 0 saturated carbocycles. The fraction of sp³-hybridized carbons (Fsp3) is 0.286. The third kappa shape index (κ3) is 2.78. The standard InChI is InChI=1S/C21H21NOS/c1-13-7-9-15(10-8-13)21-20-17(11-14(2)12-18(20)23)22-16-5-3-4-6-19(16)24-21/h3-10,14,21-22H,11-12H2,1-2H3/t14-,21+/m1/s1. The van der Waals surface area contributed by atoms with Crippen molar-refractivity contribution in [2.45, 2.75) is 36.8 Å². The van der Waals surface area contributed by atoms with Crippen molar-refractivity contribution in [2.75, 3.05) is 5.32 Å². The largest absolute Gasteiger partial charge is 0.358 e. The van der Waals surface area contributed by atoms with Crippen LogP contribution < -0.4 is 5.32 Å². The van der Waals surface area contributed by atoms with E-state index in [1.54, 1.807) is 11.8 Å². The summed E-state index contributed by atoms with van der Waals surface area (Å²) in [7, 11) is 0. The minimum absolute atomic E-state index is 0.0664. The van der Waals surface area contributed by atoms with E-state index in [0.29, 0.717) is 18.1 Å². The highest BCUT2D eigenvalue weighted by Gasteiger charge is 2.34. The zero-order chi connectivity index (χ0) is 16.7. The Bertz CT molecular complexity index is 822. The van der Waals surface area contributed by atoms with Crippen LogP contribution in [0.2, 0.25) is 0 Å². The van der Waals surface area contributed by atoms with E-state index in [9.17, 15) is 4.79 Å². The van der Waals surface area contributed by atoms with Gasteiger partial charge >= 0.3 is 0 Å². The normalized spacial score (nSPS) is 23.2. The second kappa shape index (κ2) is 6.14. The highest BCUT2D eigenvalue weighted by molar-refractivity contribution is 8.00. The van der Waals surface area contributed by atoms with Crippen LogP contribution in [-0.4, -0.2) is 5.78 Å². The molecule has 1 aliphatic carbocycles. The summed E-state index contributed by atoms with van der Waals surface area (Å²) in [5.74, 6) is 0.694. The van der Waals surface area contributed by atoms with E-state index in [-0.39, 0.29) is 5.25 Å². The summed E-state index contributed by atoms with van der Waals surface area (Å²) in [5, 5.41) is 3.64. The molecule has 24 heavy (non-hydrogen) atoms. The number of nitrogens with one attached hydrogen (secondary N) is 1. The van der Waals surface area contributed by atoms with Gasteiger partial charge in [0.15, 0.2) is 5.78 Å². The molecule has 1 N–H and O–H groups in total. The highest BCUT2D eigenvalue weighted by atomic mass is 32.2. The van der Waals surface area contributed by atoms with Gasteiger partial charge in [-0.15, -0.1) is 11.8 Å². The predicted molar refractivity (Wildman–Crippen MR) is 100 cm³/mol. The van der Waals surface area contributed by atoms with E-state index in [0.717, 1.165) is 23.4 Å². The van der Waals surface area contributed by atoms with Crippen molar-refractivity contribution in [3.63, 3.8) is 0 Å². The van der Waals surface area contributed by atoms with E-state index in [1.165, 1.54) is 16.0 Å². The number of hydrogen-bond acceptors (Lipinski definition) is 3. The number of fused-ring (bicyclic) bond motifs is 1. The van der Waals surface area contributed by atoms with Gasteiger partial charge in [-0.1, -0.05) is 48.9 Å². The molecule has 0 saturated heterocycles. The van der Waals surface area contributed by atoms with Crippen molar-refractivity contribution in [1.29, 1.82) is 0 Å². The number of benzene rings is 2. The van der Waals surface area contributed by atoms with E-state index in [1.807, 2.05) is 6.07 Å². The number of Topliss-reactive ketones (excluding diaryl/α,β-unsaturated/α-hetero) is 1. The first-order chi connectivity index (χ1) is 11.6. The van der Waals surface area contributed by atoms with Crippen LogP contribution in [0.4, 0.5) is 5.69 Å². The number of carbonyl (C=O) groups excluding carboxylic acids is 1. The summed E-state index contributed by atoms with van der Waals surface area (Å²) in [6, 6.07) is 17.0. The molecule has 2 aliphatic rings. The Morgan fingerprint density at radius 2 is 1.79 bits per heavy atom. The molecule has 1 aliphatic heterocycles. The maximum atomic E-state index is 12.9. The van der Waals surface area contributed by atoms with Crippen molar-refractivity contribution in [3.05, 3.63) is 70.9 Å². The third-order valence-corrected chi connectivity index (χ3v) is 6.13. The van der Waals surface area contributed by atoms with Crippen LogP contribution in [-0.2, 0) is 4.79 Å². The van der Waals surface area contributed by atoms with Gasteiger partial charge in [-0.25, -0.2) is 0 Å². The van der Waals surface area contributed by atoms with Gasteiger partial charge in [-0.3, -0.25) is 4.79 Å². The Morgan fingerprint density at radius 3 is 2.58 bits per heavy atom. The highest BCUT2D eigenvalue weighted by Crippen LogP contribution is 2.49. The Labute approximate surface area is 147 Å². The number of hydrogen-bond donors (Lipinski definition) is 1. The molecular weight excluding hydrogens is 314 g/mol. The van der Waals surface area contributed by atoms with Crippen molar-refractivity contribution in [2.24, 2.45) is 5.92 Å². The van der Waals surface area contributed by atoms with Gasteiger partial charge in [0.05, 0.1) is 10.9 Å². The molecule has 0 unspecified atom stereocenters. The molecule has 122 valence electrons. The number of ketones is 1. The quantitative estimate of drug-likeness (QED) is 0.745. The van der Waals surface area contributed by atoms with Crippen molar-refractivity contribution < 1.29 is 4.79 Å². The molecule has 0 aromatic heterocycles. The van der Waals surface area contributed by atoms with Crippen LogP contribution in [0.3, 0.4) is 0 Å². The molecule has 0 radical (unpaired) electrons. The minimum Gasteiger partial charge on any atom is -0.358 e. The van der Waals surface area contributed by atoms with Crippen LogP contribution in [0.1, 0.15) is 36.1 Å². The maximum absolute atomic E-state index is 12.9. The van der Waals surface area contributed by atoms with Crippen LogP contribution in [0, 0.1) is 12.8 Å². The van der Waals surface area contributed by atoms with Crippen LogP contribution >= 0.6 is 11.8 Å². The molecule has 0 bridgehead atoms.